The second-order valence-corrected chi connectivity index (χ2v) is 7.55. The van der Waals surface area contributed by atoms with Gasteiger partial charge in [-0.1, -0.05) is 0 Å². The van der Waals surface area contributed by atoms with Gasteiger partial charge in [-0.3, -0.25) is 0 Å². The zero-order chi connectivity index (χ0) is 11.0. The van der Waals surface area contributed by atoms with E-state index in [1.807, 2.05) is 0 Å². The molecule has 1 heterocycles. The van der Waals surface area contributed by atoms with Crippen molar-refractivity contribution in [2.24, 2.45) is 5.73 Å². The Bertz CT molecular complexity index is 284. The van der Waals surface area contributed by atoms with E-state index in [4.69, 9.17) is 5.73 Å². The van der Waals surface area contributed by atoms with Crippen molar-refractivity contribution in [3.8, 4) is 0 Å². The van der Waals surface area contributed by atoms with E-state index in [-0.39, 0.29) is 6.04 Å². The Kier molecular flexibility index (Phi) is 3.23. The quantitative estimate of drug-likeness (QED) is 0.701. The van der Waals surface area contributed by atoms with E-state index in [1.54, 1.807) is 25.1 Å². The summed E-state index contributed by atoms with van der Waals surface area (Å²) in [4.78, 5) is 0. The van der Waals surface area contributed by atoms with Crippen LogP contribution in [-0.2, 0) is 10.0 Å². The minimum absolute atomic E-state index is 0.168. The van der Waals surface area contributed by atoms with Gasteiger partial charge in [-0.15, -0.1) is 0 Å². The first kappa shape index (κ1) is 11.9. The number of nitrogens with zero attached hydrogens (tertiary/aromatic N) is 1. The smallest absolute Gasteiger partial charge is 0.219 e. The highest BCUT2D eigenvalue weighted by atomic mass is 32.2. The van der Waals surface area contributed by atoms with Crippen LogP contribution in [0.4, 0.5) is 0 Å². The molecule has 5 heteroatoms. The number of sulfonamides is 1. The Labute approximate surface area is 86.5 Å². The maximum Gasteiger partial charge on any atom is 0.219 e. The van der Waals surface area contributed by atoms with E-state index in [0.717, 1.165) is 12.8 Å². The van der Waals surface area contributed by atoms with Crippen LogP contribution in [-0.4, -0.2) is 36.6 Å². The summed E-state index contributed by atoms with van der Waals surface area (Å²) in [5.74, 6) is 0. The predicted molar refractivity (Wildman–Crippen MR) is 57.5 cm³/mol. The molecule has 0 unspecified atom stereocenters. The fourth-order valence-electron chi connectivity index (χ4n) is 1.50. The standard InChI is InChI=1S/C9H20N2O2S/c1-9(2,3)14(12,13)11-6-4-8(10)5-7-11/h8H,4-7,10H2,1-3H3. The third-order valence-corrected chi connectivity index (χ3v) is 5.21. The van der Waals surface area contributed by atoms with Crippen LogP contribution in [0, 0.1) is 0 Å². The Morgan fingerprint density at radius 3 is 2.00 bits per heavy atom. The molecule has 1 saturated heterocycles. The summed E-state index contributed by atoms with van der Waals surface area (Å²) in [6.07, 6.45) is 1.55. The van der Waals surface area contributed by atoms with Gasteiger partial charge in [-0.05, 0) is 33.6 Å². The molecule has 0 aromatic carbocycles. The highest BCUT2D eigenvalue weighted by Crippen LogP contribution is 2.23. The molecular formula is C9H20N2O2S. The molecule has 0 aliphatic carbocycles. The molecule has 0 atom stereocenters. The Morgan fingerprint density at radius 2 is 1.64 bits per heavy atom. The minimum atomic E-state index is -3.15. The summed E-state index contributed by atoms with van der Waals surface area (Å²) >= 11 is 0. The van der Waals surface area contributed by atoms with Crippen molar-refractivity contribution < 1.29 is 8.42 Å². The van der Waals surface area contributed by atoms with Gasteiger partial charge in [0, 0.05) is 19.1 Å². The largest absolute Gasteiger partial charge is 0.328 e. The molecule has 0 aromatic heterocycles. The normalized spacial score (nSPS) is 22.6. The molecule has 0 amide bonds. The molecule has 1 fully saturated rings. The third-order valence-electron chi connectivity index (χ3n) is 2.61. The predicted octanol–water partition coefficient (Wildman–Crippen LogP) is 0.538. The fraction of sp³-hybridized carbons (Fsp3) is 1.00. The van der Waals surface area contributed by atoms with Crippen LogP contribution in [0.5, 0.6) is 0 Å². The average molecular weight is 220 g/mol. The molecule has 84 valence electrons. The van der Waals surface area contributed by atoms with E-state index < -0.39 is 14.8 Å². The highest BCUT2D eigenvalue weighted by molar-refractivity contribution is 7.90. The summed E-state index contributed by atoms with van der Waals surface area (Å²) in [5.41, 5.74) is 5.73. The maximum atomic E-state index is 12.0. The van der Waals surface area contributed by atoms with E-state index >= 15 is 0 Å². The lowest BCUT2D eigenvalue weighted by atomic mass is 10.1. The molecule has 4 nitrogen and oxygen atoms in total. The van der Waals surface area contributed by atoms with Gasteiger partial charge in [0.05, 0.1) is 4.75 Å². The van der Waals surface area contributed by atoms with Gasteiger partial charge in [0.2, 0.25) is 10.0 Å². The molecule has 1 aliphatic rings. The molecule has 14 heavy (non-hydrogen) atoms. The van der Waals surface area contributed by atoms with Crippen molar-refractivity contribution in [3.05, 3.63) is 0 Å². The summed E-state index contributed by atoms with van der Waals surface area (Å²) in [6, 6.07) is 0.168. The fourth-order valence-corrected chi connectivity index (χ4v) is 2.97. The third kappa shape index (κ3) is 2.27. The van der Waals surface area contributed by atoms with Gasteiger partial charge in [-0.25, -0.2) is 12.7 Å². The second-order valence-electron chi connectivity index (χ2n) is 4.85. The zero-order valence-electron chi connectivity index (χ0n) is 9.16. The Balaban J connectivity index is 2.76. The minimum Gasteiger partial charge on any atom is -0.328 e. The molecule has 0 saturated carbocycles. The van der Waals surface area contributed by atoms with E-state index in [2.05, 4.69) is 0 Å². The first-order valence-electron chi connectivity index (χ1n) is 5.00. The summed E-state index contributed by atoms with van der Waals surface area (Å²) < 4.78 is 24.9. The van der Waals surface area contributed by atoms with Gasteiger partial charge in [0.15, 0.2) is 0 Å². The van der Waals surface area contributed by atoms with Gasteiger partial charge in [0.1, 0.15) is 0 Å². The summed E-state index contributed by atoms with van der Waals surface area (Å²) in [6.45, 7) is 6.34. The van der Waals surface area contributed by atoms with Crippen LogP contribution in [0.1, 0.15) is 33.6 Å². The van der Waals surface area contributed by atoms with Crippen molar-refractivity contribution in [1.82, 2.24) is 4.31 Å². The zero-order valence-corrected chi connectivity index (χ0v) is 9.97. The van der Waals surface area contributed by atoms with Crippen molar-refractivity contribution in [2.75, 3.05) is 13.1 Å². The SMILES string of the molecule is CC(C)(C)S(=O)(=O)N1CCC(N)CC1. The lowest BCUT2D eigenvalue weighted by Gasteiger charge is -2.34. The van der Waals surface area contributed by atoms with Crippen LogP contribution < -0.4 is 5.73 Å². The van der Waals surface area contributed by atoms with Crippen molar-refractivity contribution >= 4 is 10.0 Å². The van der Waals surface area contributed by atoms with Crippen LogP contribution >= 0.6 is 0 Å². The highest BCUT2D eigenvalue weighted by Gasteiger charge is 2.36. The first-order chi connectivity index (χ1) is 6.25. The van der Waals surface area contributed by atoms with Gasteiger partial charge >= 0.3 is 0 Å². The van der Waals surface area contributed by atoms with Crippen LogP contribution in [0.25, 0.3) is 0 Å². The average Bonchev–Trinajstić information content (AvgIpc) is 2.03. The number of rotatable bonds is 1. The molecule has 0 aromatic rings. The van der Waals surface area contributed by atoms with Crippen LogP contribution in [0.3, 0.4) is 0 Å². The number of hydrogen-bond donors (Lipinski definition) is 1. The summed E-state index contributed by atoms with van der Waals surface area (Å²) in [7, 11) is -3.15. The van der Waals surface area contributed by atoms with Gasteiger partial charge in [0.25, 0.3) is 0 Å². The van der Waals surface area contributed by atoms with E-state index in [1.165, 1.54) is 0 Å². The second kappa shape index (κ2) is 3.79. The first-order valence-corrected chi connectivity index (χ1v) is 6.44. The maximum absolute atomic E-state index is 12.0. The van der Waals surface area contributed by atoms with E-state index in [9.17, 15) is 8.42 Å². The summed E-state index contributed by atoms with van der Waals surface area (Å²) in [5, 5.41) is 0. The Hall–Kier alpha value is -0.130. The van der Waals surface area contributed by atoms with Crippen LogP contribution in [0.15, 0.2) is 0 Å². The molecule has 2 N–H and O–H groups in total. The molecule has 1 rings (SSSR count). The monoisotopic (exact) mass is 220 g/mol. The molecule has 1 aliphatic heterocycles. The van der Waals surface area contributed by atoms with Gasteiger partial charge in [-0.2, -0.15) is 0 Å². The Morgan fingerprint density at radius 1 is 1.21 bits per heavy atom. The number of nitrogens with two attached hydrogens (primary N) is 1. The topological polar surface area (TPSA) is 63.4 Å². The van der Waals surface area contributed by atoms with Gasteiger partial charge < -0.3 is 5.73 Å². The lowest BCUT2D eigenvalue weighted by Crippen LogP contribution is -2.48. The van der Waals surface area contributed by atoms with Crippen molar-refractivity contribution in [1.29, 1.82) is 0 Å². The number of hydrogen-bond acceptors (Lipinski definition) is 3. The van der Waals surface area contributed by atoms with Crippen molar-refractivity contribution in [3.63, 3.8) is 0 Å². The molecular weight excluding hydrogens is 200 g/mol. The van der Waals surface area contributed by atoms with E-state index in [0.29, 0.717) is 13.1 Å². The van der Waals surface area contributed by atoms with Crippen molar-refractivity contribution in [2.45, 2.75) is 44.4 Å². The molecule has 0 bridgehead atoms. The number of piperidine rings is 1. The molecule has 0 radical (unpaired) electrons. The molecule has 0 spiro atoms. The lowest BCUT2D eigenvalue weighted by molar-refractivity contribution is 0.312. The van der Waals surface area contributed by atoms with Crippen LogP contribution in [0.2, 0.25) is 0 Å².